The molecule has 0 spiro atoms. The first-order valence-electron chi connectivity index (χ1n) is 6.02. The van der Waals surface area contributed by atoms with E-state index < -0.39 is 6.04 Å². The number of carbonyl (C=O) groups is 1. The molecule has 0 aromatic carbocycles. The summed E-state index contributed by atoms with van der Waals surface area (Å²) in [5.74, 6) is 0.100. The lowest BCUT2D eigenvalue weighted by molar-refractivity contribution is -0.124. The molecule has 94 valence electrons. The van der Waals surface area contributed by atoms with Crippen LogP contribution in [0, 0.1) is 5.92 Å². The van der Waals surface area contributed by atoms with Crippen LogP contribution in [0.1, 0.15) is 38.8 Å². The molecule has 0 saturated heterocycles. The lowest BCUT2D eigenvalue weighted by Crippen LogP contribution is -2.45. The number of nitrogens with two attached hydrogens (primary N) is 1. The number of pyridine rings is 1. The fraction of sp³-hybridized carbons (Fsp3) is 0.538. The van der Waals surface area contributed by atoms with Gasteiger partial charge in [0.2, 0.25) is 5.91 Å². The van der Waals surface area contributed by atoms with Gasteiger partial charge in [-0.25, -0.2) is 0 Å². The van der Waals surface area contributed by atoms with Crippen LogP contribution in [0.15, 0.2) is 24.5 Å². The number of nitrogens with zero attached hydrogens (tertiary/aromatic N) is 1. The largest absolute Gasteiger partial charge is 0.348 e. The minimum Gasteiger partial charge on any atom is -0.348 e. The van der Waals surface area contributed by atoms with Crippen molar-refractivity contribution in [2.45, 2.75) is 39.3 Å². The zero-order valence-electron chi connectivity index (χ0n) is 10.7. The van der Waals surface area contributed by atoms with Gasteiger partial charge in [0.1, 0.15) is 0 Å². The Morgan fingerprint density at radius 2 is 2.00 bits per heavy atom. The number of hydrogen-bond donors (Lipinski definition) is 2. The zero-order chi connectivity index (χ0) is 12.8. The molecule has 1 rings (SSSR count). The molecule has 17 heavy (non-hydrogen) atoms. The molecule has 1 heterocycles. The summed E-state index contributed by atoms with van der Waals surface area (Å²) in [5, 5.41) is 2.92. The van der Waals surface area contributed by atoms with Crippen LogP contribution in [0.2, 0.25) is 0 Å². The second-order valence-corrected chi connectivity index (χ2v) is 4.42. The highest BCUT2D eigenvalue weighted by Gasteiger charge is 2.20. The summed E-state index contributed by atoms with van der Waals surface area (Å²) < 4.78 is 0. The van der Waals surface area contributed by atoms with Gasteiger partial charge in [0, 0.05) is 12.4 Å². The van der Waals surface area contributed by atoms with E-state index in [1.807, 2.05) is 32.9 Å². The maximum Gasteiger partial charge on any atom is 0.237 e. The standard InChI is InChI=1S/C13H21N3O/c1-4-9(2)12(14)13(17)16-10(3)11-5-7-15-8-6-11/h5-10,12H,4,14H2,1-3H3,(H,16,17)/t9-,10+,12-/m0/s1. The predicted molar refractivity (Wildman–Crippen MR) is 68.2 cm³/mol. The van der Waals surface area contributed by atoms with Crippen LogP contribution in [0.5, 0.6) is 0 Å². The molecule has 3 atom stereocenters. The molecule has 0 unspecified atom stereocenters. The molecule has 4 heteroatoms. The van der Waals surface area contributed by atoms with Crippen molar-refractivity contribution in [3.05, 3.63) is 30.1 Å². The summed E-state index contributed by atoms with van der Waals surface area (Å²) in [6, 6.07) is 3.30. The first kappa shape index (κ1) is 13.6. The third-order valence-corrected chi connectivity index (χ3v) is 3.12. The van der Waals surface area contributed by atoms with Gasteiger partial charge in [-0.3, -0.25) is 9.78 Å². The second-order valence-electron chi connectivity index (χ2n) is 4.42. The van der Waals surface area contributed by atoms with Gasteiger partial charge < -0.3 is 11.1 Å². The van der Waals surface area contributed by atoms with Gasteiger partial charge in [-0.15, -0.1) is 0 Å². The van der Waals surface area contributed by atoms with Crippen molar-refractivity contribution < 1.29 is 4.79 Å². The van der Waals surface area contributed by atoms with Crippen LogP contribution in [-0.4, -0.2) is 16.9 Å². The number of rotatable bonds is 5. The zero-order valence-corrected chi connectivity index (χ0v) is 10.7. The molecular formula is C13H21N3O. The Hall–Kier alpha value is -1.42. The van der Waals surface area contributed by atoms with Gasteiger partial charge in [0.05, 0.1) is 12.1 Å². The summed E-state index contributed by atoms with van der Waals surface area (Å²) >= 11 is 0. The second kappa shape index (κ2) is 6.35. The summed E-state index contributed by atoms with van der Waals surface area (Å²) in [5.41, 5.74) is 6.91. The number of nitrogens with one attached hydrogen (secondary N) is 1. The van der Waals surface area contributed by atoms with E-state index in [0.29, 0.717) is 0 Å². The monoisotopic (exact) mass is 235 g/mol. The summed E-state index contributed by atoms with van der Waals surface area (Å²) in [6.07, 6.45) is 4.33. The quantitative estimate of drug-likeness (QED) is 0.815. The van der Waals surface area contributed by atoms with Crippen molar-refractivity contribution in [2.75, 3.05) is 0 Å². The average Bonchev–Trinajstić information content (AvgIpc) is 2.37. The van der Waals surface area contributed by atoms with Crippen molar-refractivity contribution in [2.24, 2.45) is 11.7 Å². The molecule has 3 N–H and O–H groups in total. The molecule has 0 fully saturated rings. The molecule has 1 aromatic heterocycles. The molecule has 4 nitrogen and oxygen atoms in total. The predicted octanol–water partition coefficient (Wildman–Crippen LogP) is 1.63. The van der Waals surface area contributed by atoms with Crippen molar-refractivity contribution in [1.29, 1.82) is 0 Å². The Balaban J connectivity index is 2.57. The number of carbonyl (C=O) groups excluding carboxylic acids is 1. The summed E-state index contributed by atoms with van der Waals surface area (Å²) in [6.45, 7) is 5.96. The normalized spacial score (nSPS) is 16.0. The van der Waals surface area contributed by atoms with Crippen LogP contribution in [0.25, 0.3) is 0 Å². The maximum absolute atomic E-state index is 11.9. The van der Waals surface area contributed by atoms with Crippen LogP contribution in [-0.2, 0) is 4.79 Å². The Bertz CT molecular complexity index is 353. The Labute approximate surface area is 103 Å². The summed E-state index contributed by atoms with van der Waals surface area (Å²) in [7, 11) is 0. The van der Waals surface area contributed by atoms with E-state index in [1.54, 1.807) is 12.4 Å². The van der Waals surface area contributed by atoms with Gasteiger partial charge in [0.25, 0.3) is 0 Å². The number of aromatic nitrogens is 1. The van der Waals surface area contributed by atoms with Gasteiger partial charge in [-0.05, 0) is 30.5 Å². The van der Waals surface area contributed by atoms with E-state index in [0.717, 1.165) is 12.0 Å². The lowest BCUT2D eigenvalue weighted by Gasteiger charge is -2.21. The minimum absolute atomic E-state index is 0.0411. The van der Waals surface area contributed by atoms with E-state index in [2.05, 4.69) is 10.3 Å². The third kappa shape index (κ3) is 3.82. The van der Waals surface area contributed by atoms with Crippen LogP contribution < -0.4 is 11.1 Å². The third-order valence-electron chi connectivity index (χ3n) is 3.12. The molecule has 1 aromatic rings. The fourth-order valence-electron chi connectivity index (χ4n) is 1.56. The Kier molecular flexibility index (Phi) is 5.10. The Morgan fingerprint density at radius 1 is 1.41 bits per heavy atom. The molecule has 0 aliphatic heterocycles. The fourth-order valence-corrected chi connectivity index (χ4v) is 1.56. The molecular weight excluding hydrogens is 214 g/mol. The Morgan fingerprint density at radius 3 is 2.53 bits per heavy atom. The summed E-state index contributed by atoms with van der Waals surface area (Å²) in [4.78, 5) is 15.8. The van der Waals surface area contributed by atoms with Crippen molar-refractivity contribution in [3.63, 3.8) is 0 Å². The molecule has 0 radical (unpaired) electrons. The number of hydrogen-bond acceptors (Lipinski definition) is 3. The van der Waals surface area contributed by atoms with Gasteiger partial charge >= 0.3 is 0 Å². The van der Waals surface area contributed by atoms with E-state index in [-0.39, 0.29) is 17.9 Å². The van der Waals surface area contributed by atoms with Gasteiger partial charge in [0.15, 0.2) is 0 Å². The highest BCUT2D eigenvalue weighted by molar-refractivity contribution is 5.82. The molecule has 1 amide bonds. The van der Waals surface area contributed by atoms with Crippen LogP contribution in [0.4, 0.5) is 0 Å². The topological polar surface area (TPSA) is 68.0 Å². The molecule has 0 aliphatic rings. The van der Waals surface area contributed by atoms with Crippen molar-refractivity contribution >= 4 is 5.91 Å². The van der Waals surface area contributed by atoms with Gasteiger partial charge in [-0.1, -0.05) is 20.3 Å². The number of amides is 1. The maximum atomic E-state index is 11.9. The molecule has 0 aliphatic carbocycles. The molecule has 0 bridgehead atoms. The van der Waals surface area contributed by atoms with Crippen LogP contribution >= 0.6 is 0 Å². The van der Waals surface area contributed by atoms with Crippen LogP contribution in [0.3, 0.4) is 0 Å². The van der Waals surface area contributed by atoms with E-state index >= 15 is 0 Å². The van der Waals surface area contributed by atoms with Crippen molar-refractivity contribution in [1.82, 2.24) is 10.3 Å². The minimum atomic E-state index is -0.440. The van der Waals surface area contributed by atoms with Crippen molar-refractivity contribution in [3.8, 4) is 0 Å². The van der Waals surface area contributed by atoms with Gasteiger partial charge in [-0.2, -0.15) is 0 Å². The van der Waals surface area contributed by atoms with E-state index in [4.69, 9.17) is 5.73 Å². The molecule has 0 saturated carbocycles. The first-order valence-corrected chi connectivity index (χ1v) is 6.02. The van der Waals surface area contributed by atoms with E-state index in [9.17, 15) is 4.79 Å². The average molecular weight is 235 g/mol. The first-order chi connectivity index (χ1) is 8.06. The lowest BCUT2D eigenvalue weighted by atomic mass is 9.99. The smallest absolute Gasteiger partial charge is 0.237 e. The van der Waals surface area contributed by atoms with E-state index in [1.165, 1.54) is 0 Å². The highest BCUT2D eigenvalue weighted by atomic mass is 16.2. The highest BCUT2D eigenvalue weighted by Crippen LogP contribution is 2.12. The SMILES string of the molecule is CC[C@H](C)[C@H](N)C(=O)N[C@H](C)c1ccncc1.